The van der Waals surface area contributed by atoms with Gasteiger partial charge in [-0.05, 0) is 6.92 Å². The van der Waals surface area contributed by atoms with Gasteiger partial charge < -0.3 is 11.2 Å². The van der Waals surface area contributed by atoms with E-state index < -0.39 is 5.82 Å². The standard InChI is InChI=1S/C10H13FN6/c1-6-2-8(9(17-12)5-13-6)16-10-14-3-7(11)4-15-10/h3-4,6,13H,2,5,12H2,1H3/t6-/m0/s1. The molecule has 1 aromatic heterocycles. The van der Waals surface area contributed by atoms with Crippen LogP contribution in [-0.4, -0.2) is 34.0 Å². The maximum absolute atomic E-state index is 12.6. The Labute approximate surface area is 97.9 Å². The highest BCUT2D eigenvalue weighted by Gasteiger charge is 2.20. The molecule has 0 aliphatic carbocycles. The van der Waals surface area contributed by atoms with Crippen molar-refractivity contribution in [3.63, 3.8) is 0 Å². The molecule has 3 N–H and O–H groups in total. The Morgan fingerprint density at radius 2 is 2.12 bits per heavy atom. The number of hydrogen-bond acceptors (Lipinski definition) is 6. The normalized spacial score (nSPS) is 25.4. The molecular weight excluding hydrogens is 223 g/mol. The molecule has 1 saturated heterocycles. The fourth-order valence-corrected chi connectivity index (χ4v) is 1.57. The van der Waals surface area contributed by atoms with E-state index >= 15 is 0 Å². The summed E-state index contributed by atoms with van der Waals surface area (Å²) < 4.78 is 12.6. The van der Waals surface area contributed by atoms with Crippen molar-refractivity contribution in [2.75, 3.05) is 6.54 Å². The van der Waals surface area contributed by atoms with Gasteiger partial charge in [-0.2, -0.15) is 5.10 Å². The molecule has 0 spiro atoms. The highest BCUT2D eigenvalue weighted by Crippen LogP contribution is 2.09. The van der Waals surface area contributed by atoms with Gasteiger partial charge in [-0.15, -0.1) is 0 Å². The Hall–Kier alpha value is -1.89. The van der Waals surface area contributed by atoms with Crippen LogP contribution < -0.4 is 11.2 Å². The smallest absolute Gasteiger partial charge is 0.249 e. The number of aromatic nitrogens is 2. The number of aliphatic imine (C=N–C) groups is 1. The van der Waals surface area contributed by atoms with Gasteiger partial charge in [-0.1, -0.05) is 0 Å². The summed E-state index contributed by atoms with van der Waals surface area (Å²) >= 11 is 0. The van der Waals surface area contributed by atoms with Gasteiger partial charge >= 0.3 is 0 Å². The van der Waals surface area contributed by atoms with Crippen LogP contribution >= 0.6 is 0 Å². The quantitative estimate of drug-likeness (QED) is 0.545. The predicted molar refractivity (Wildman–Crippen MR) is 62.8 cm³/mol. The third kappa shape index (κ3) is 2.82. The van der Waals surface area contributed by atoms with Crippen molar-refractivity contribution >= 4 is 17.4 Å². The molecule has 0 unspecified atom stereocenters. The summed E-state index contributed by atoms with van der Waals surface area (Å²) in [7, 11) is 0. The van der Waals surface area contributed by atoms with Gasteiger partial charge in [-0.3, -0.25) is 0 Å². The molecular formula is C10H13FN6. The lowest BCUT2D eigenvalue weighted by Crippen LogP contribution is -2.43. The second-order valence-electron chi connectivity index (χ2n) is 3.82. The molecule has 0 amide bonds. The zero-order valence-corrected chi connectivity index (χ0v) is 9.39. The number of halogens is 1. The van der Waals surface area contributed by atoms with E-state index in [-0.39, 0.29) is 5.95 Å². The highest BCUT2D eigenvalue weighted by atomic mass is 19.1. The van der Waals surface area contributed by atoms with Crippen LogP contribution in [0.15, 0.2) is 22.5 Å². The van der Waals surface area contributed by atoms with Crippen LogP contribution in [0.25, 0.3) is 0 Å². The van der Waals surface area contributed by atoms with Crippen LogP contribution in [0.1, 0.15) is 13.3 Å². The Balaban J connectivity index is 2.26. The average molecular weight is 236 g/mol. The predicted octanol–water partition coefficient (Wildman–Crippen LogP) is 0.385. The molecule has 7 heteroatoms. The summed E-state index contributed by atoms with van der Waals surface area (Å²) in [4.78, 5) is 11.8. The number of hydrogen-bond donors (Lipinski definition) is 2. The van der Waals surface area contributed by atoms with Crippen molar-refractivity contribution < 1.29 is 4.39 Å². The third-order valence-corrected chi connectivity index (χ3v) is 2.45. The number of piperidine rings is 1. The van der Waals surface area contributed by atoms with Gasteiger partial charge in [0.1, 0.15) is 0 Å². The van der Waals surface area contributed by atoms with Crippen LogP contribution in [0.5, 0.6) is 0 Å². The van der Waals surface area contributed by atoms with Crippen molar-refractivity contribution in [2.24, 2.45) is 15.9 Å². The average Bonchev–Trinajstić information content (AvgIpc) is 2.32. The van der Waals surface area contributed by atoms with Crippen LogP contribution in [-0.2, 0) is 0 Å². The molecule has 0 bridgehead atoms. The zero-order chi connectivity index (χ0) is 12.3. The molecule has 90 valence electrons. The van der Waals surface area contributed by atoms with Gasteiger partial charge in [-0.25, -0.2) is 19.4 Å². The summed E-state index contributed by atoms with van der Waals surface area (Å²) in [6.45, 7) is 2.60. The number of nitrogens with one attached hydrogen (secondary N) is 1. The molecule has 17 heavy (non-hydrogen) atoms. The lowest BCUT2D eigenvalue weighted by atomic mass is 10.0. The van der Waals surface area contributed by atoms with Crippen LogP contribution in [0.3, 0.4) is 0 Å². The minimum atomic E-state index is -0.486. The molecule has 6 nitrogen and oxygen atoms in total. The van der Waals surface area contributed by atoms with E-state index in [1.165, 1.54) is 0 Å². The van der Waals surface area contributed by atoms with Crippen molar-refractivity contribution in [3.05, 3.63) is 18.2 Å². The Morgan fingerprint density at radius 1 is 1.41 bits per heavy atom. The molecule has 1 aliphatic rings. The van der Waals surface area contributed by atoms with E-state index in [0.717, 1.165) is 18.1 Å². The Kier molecular flexibility index (Phi) is 3.38. The second-order valence-corrected chi connectivity index (χ2v) is 3.82. The van der Waals surface area contributed by atoms with E-state index in [9.17, 15) is 4.39 Å². The topological polar surface area (TPSA) is 88.5 Å². The van der Waals surface area contributed by atoms with E-state index in [1.54, 1.807) is 0 Å². The van der Waals surface area contributed by atoms with Gasteiger partial charge in [0, 0.05) is 19.0 Å². The number of hydrazone groups is 1. The maximum atomic E-state index is 12.6. The molecule has 2 rings (SSSR count). The molecule has 1 atom stereocenters. The van der Waals surface area contributed by atoms with E-state index in [4.69, 9.17) is 5.84 Å². The van der Waals surface area contributed by atoms with Crippen LogP contribution in [0.4, 0.5) is 10.3 Å². The molecule has 0 radical (unpaired) electrons. The third-order valence-electron chi connectivity index (χ3n) is 2.45. The lowest BCUT2D eigenvalue weighted by molar-refractivity contribution is 0.599. The van der Waals surface area contributed by atoms with Crippen molar-refractivity contribution in [1.29, 1.82) is 0 Å². The summed E-state index contributed by atoms with van der Waals surface area (Å²) in [5.74, 6) is 5.02. The molecule has 1 aliphatic heterocycles. The number of nitrogens with zero attached hydrogens (tertiary/aromatic N) is 4. The van der Waals surface area contributed by atoms with E-state index in [1.807, 2.05) is 6.92 Å². The minimum absolute atomic E-state index is 0.219. The van der Waals surface area contributed by atoms with Gasteiger partial charge in [0.05, 0.1) is 23.8 Å². The van der Waals surface area contributed by atoms with E-state index in [2.05, 4.69) is 25.4 Å². The highest BCUT2D eigenvalue weighted by molar-refractivity contribution is 6.44. The first-order chi connectivity index (χ1) is 8.19. The molecule has 0 aromatic carbocycles. The van der Waals surface area contributed by atoms with E-state index in [0.29, 0.717) is 24.7 Å². The SMILES string of the molecule is C[C@H]1CC(=Nc2ncc(F)cn2)C(=NN)CN1. The molecule has 0 saturated carbocycles. The fraction of sp³-hybridized carbons (Fsp3) is 0.400. The summed E-state index contributed by atoms with van der Waals surface area (Å²) in [6, 6.07) is 0.291. The van der Waals surface area contributed by atoms with Crippen molar-refractivity contribution in [1.82, 2.24) is 15.3 Å². The van der Waals surface area contributed by atoms with Crippen molar-refractivity contribution in [3.8, 4) is 0 Å². The first kappa shape index (κ1) is 11.6. The van der Waals surface area contributed by atoms with Gasteiger partial charge in [0.25, 0.3) is 0 Å². The zero-order valence-electron chi connectivity index (χ0n) is 9.39. The maximum Gasteiger partial charge on any atom is 0.249 e. The fourth-order valence-electron chi connectivity index (χ4n) is 1.57. The van der Waals surface area contributed by atoms with Gasteiger partial charge in [0.15, 0.2) is 5.82 Å². The summed E-state index contributed by atoms with van der Waals surface area (Å²) in [5, 5.41) is 6.89. The molecule has 2 heterocycles. The Morgan fingerprint density at radius 3 is 2.76 bits per heavy atom. The van der Waals surface area contributed by atoms with Gasteiger partial charge in [0.2, 0.25) is 5.95 Å². The summed E-state index contributed by atoms with van der Waals surface area (Å²) in [5.41, 5.74) is 1.42. The summed E-state index contributed by atoms with van der Waals surface area (Å²) in [6.07, 6.45) is 2.85. The first-order valence-electron chi connectivity index (χ1n) is 5.24. The number of rotatable bonds is 1. The number of nitrogens with two attached hydrogens (primary N) is 1. The lowest BCUT2D eigenvalue weighted by Gasteiger charge is -2.22. The van der Waals surface area contributed by atoms with Crippen molar-refractivity contribution in [2.45, 2.75) is 19.4 Å². The monoisotopic (exact) mass is 236 g/mol. The molecule has 1 fully saturated rings. The first-order valence-corrected chi connectivity index (χ1v) is 5.24. The largest absolute Gasteiger partial charge is 0.323 e. The minimum Gasteiger partial charge on any atom is -0.323 e. The van der Waals surface area contributed by atoms with Crippen LogP contribution in [0, 0.1) is 5.82 Å². The second kappa shape index (κ2) is 4.96. The van der Waals surface area contributed by atoms with Crippen LogP contribution in [0.2, 0.25) is 0 Å². The Bertz CT molecular complexity index is 452. The molecule has 1 aromatic rings.